The molecule has 0 unspecified atom stereocenters. The molecule has 12 nitrogen and oxygen atoms in total. The third-order valence-electron chi connectivity index (χ3n) is 7.91. The number of nitrogens with zero attached hydrogens (tertiary/aromatic N) is 3. The summed E-state index contributed by atoms with van der Waals surface area (Å²) in [5.74, 6) is -1.96. The van der Waals surface area contributed by atoms with Crippen molar-refractivity contribution in [2.24, 2.45) is 0 Å². The number of benzene rings is 3. The van der Waals surface area contributed by atoms with Gasteiger partial charge in [0.1, 0.15) is 5.82 Å². The molecule has 3 amide bonds. The number of amides is 3. The summed E-state index contributed by atoms with van der Waals surface area (Å²) in [5, 5.41) is 24.0. The molecule has 260 valence electrons. The maximum Gasteiger partial charge on any atom is 0.254 e. The maximum absolute atomic E-state index is 13.8. The second-order valence-corrected chi connectivity index (χ2v) is 13.8. The van der Waals surface area contributed by atoms with Gasteiger partial charge in [0.05, 0.1) is 48.4 Å². The summed E-state index contributed by atoms with van der Waals surface area (Å²) in [7, 11) is -2.47. The molecule has 1 heterocycles. The van der Waals surface area contributed by atoms with Crippen LogP contribution in [-0.4, -0.2) is 73.0 Å². The molecule has 3 aromatic carbocycles. The summed E-state index contributed by atoms with van der Waals surface area (Å²) in [6.07, 6.45) is 3.74. The standard InChI is InChI=1S/C35H41FN6O6S/c1-5-15-37-33(44)28-20-38-42(21-28)22-32(43)31(16-24-9-7-6-8-10-24)40-35(46)27-17-26(18-30(19-27)41(3)49(4,47)48)34(45)39-23(2)25-11-13-29(36)14-12-25/h6-14,17-21,23,31-32,43H,5,15-16,22H2,1-4H3,(H,37,44)(H,39,45)(H,40,46)/t23-,31+,32+/m1/s1. The van der Waals surface area contributed by atoms with Gasteiger partial charge in [-0.05, 0) is 61.2 Å². The van der Waals surface area contributed by atoms with E-state index in [2.05, 4.69) is 21.0 Å². The number of rotatable bonds is 15. The van der Waals surface area contributed by atoms with Crippen molar-refractivity contribution in [3.63, 3.8) is 0 Å². The predicted octanol–water partition coefficient (Wildman–Crippen LogP) is 3.45. The quantitative estimate of drug-likeness (QED) is 0.148. The van der Waals surface area contributed by atoms with Gasteiger partial charge in [-0.15, -0.1) is 0 Å². The summed E-state index contributed by atoms with van der Waals surface area (Å²) in [5.41, 5.74) is 1.86. The lowest BCUT2D eigenvalue weighted by molar-refractivity contribution is 0.0780. The van der Waals surface area contributed by atoms with Gasteiger partial charge in [0.15, 0.2) is 0 Å². The number of carbonyl (C=O) groups is 3. The van der Waals surface area contributed by atoms with E-state index in [0.29, 0.717) is 17.7 Å². The van der Waals surface area contributed by atoms with Crippen LogP contribution in [0.25, 0.3) is 0 Å². The molecule has 49 heavy (non-hydrogen) atoms. The first-order valence-corrected chi connectivity index (χ1v) is 17.6. The van der Waals surface area contributed by atoms with E-state index < -0.39 is 45.8 Å². The molecule has 3 atom stereocenters. The molecule has 4 rings (SSSR count). The first-order chi connectivity index (χ1) is 23.2. The second kappa shape index (κ2) is 16.3. The number of aromatic nitrogens is 2. The molecule has 0 radical (unpaired) electrons. The lowest BCUT2D eigenvalue weighted by atomic mass is 10.00. The zero-order valence-corrected chi connectivity index (χ0v) is 28.6. The number of sulfonamides is 1. The van der Waals surface area contributed by atoms with Crippen molar-refractivity contribution >= 4 is 33.4 Å². The Labute approximate surface area is 285 Å². The van der Waals surface area contributed by atoms with Crippen LogP contribution in [0.3, 0.4) is 0 Å². The van der Waals surface area contributed by atoms with Crippen LogP contribution in [-0.2, 0) is 23.0 Å². The molecule has 14 heteroatoms. The maximum atomic E-state index is 13.8. The molecule has 4 aromatic rings. The first-order valence-electron chi connectivity index (χ1n) is 15.7. The average molecular weight is 693 g/mol. The van der Waals surface area contributed by atoms with Gasteiger partial charge in [-0.3, -0.25) is 23.4 Å². The Morgan fingerprint density at radius 1 is 0.939 bits per heavy atom. The SMILES string of the molecule is CCCNC(=O)c1cnn(C[C@H](O)[C@H](Cc2ccccc2)NC(=O)c2cc(C(=O)N[C@H](C)c3ccc(F)cc3)cc(N(C)S(C)(=O)=O)c2)c1. The fraction of sp³-hybridized carbons (Fsp3) is 0.314. The summed E-state index contributed by atoms with van der Waals surface area (Å²) in [6, 6.07) is 17.5. The highest BCUT2D eigenvalue weighted by molar-refractivity contribution is 7.92. The molecular formula is C35H41FN6O6S. The Bertz CT molecular complexity index is 1870. The molecule has 4 N–H and O–H groups in total. The van der Waals surface area contributed by atoms with Crippen LogP contribution in [0, 0.1) is 5.82 Å². The van der Waals surface area contributed by atoms with Gasteiger partial charge in [0, 0.05) is 30.9 Å². The highest BCUT2D eigenvalue weighted by Gasteiger charge is 2.26. The van der Waals surface area contributed by atoms with E-state index >= 15 is 0 Å². The highest BCUT2D eigenvalue weighted by atomic mass is 32.2. The van der Waals surface area contributed by atoms with Crippen molar-refractivity contribution in [1.29, 1.82) is 0 Å². The minimum Gasteiger partial charge on any atom is -0.389 e. The van der Waals surface area contributed by atoms with E-state index in [4.69, 9.17) is 0 Å². The van der Waals surface area contributed by atoms with Crippen molar-refractivity contribution in [3.05, 3.63) is 119 Å². The van der Waals surface area contributed by atoms with Gasteiger partial charge in [-0.25, -0.2) is 12.8 Å². The molecule has 0 fully saturated rings. The van der Waals surface area contributed by atoms with Crippen LogP contribution in [0.2, 0.25) is 0 Å². The molecule has 0 aliphatic heterocycles. The fourth-order valence-electron chi connectivity index (χ4n) is 5.00. The minimum absolute atomic E-state index is 0.0117. The zero-order chi connectivity index (χ0) is 35.7. The first kappa shape index (κ1) is 36.8. The Morgan fingerprint density at radius 2 is 1.57 bits per heavy atom. The number of aliphatic hydroxyl groups excluding tert-OH is 1. The third kappa shape index (κ3) is 10.2. The number of hydrogen-bond donors (Lipinski definition) is 4. The molecule has 1 aromatic heterocycles. The summed E-state index contributed by atoms with van der Waals surface area (Å²) in [6.45, 7) is 4.11. The van der Waals surface area contributed by atoms with Gasteiger partial charge < -0.3 is 21.1 Å². The molecule has 0 saturated heterocycles. The van der Waals surface area contributed by atoms with E-state index in [1.165, 1.54) is 66.6 Å². The number of hydrogen-bond acceptors (Lipinski definition) is 7. The van der Waals surface area contributed by atoms with Crippen molar-refractivity contribution in [2.75, 3.05) is 24.2 Å². The topological polar surface area (TPSA) is 163 Å². The summed E-state index contributed by atoms with van der Waals surface area (Å²) in [4.78, 5) is 39.6. The second-order valence-electron chi connectivity index (χ2n) is 11.8. The minimum atomic E-state index is -3.78. The lowest BCUT2D eigenvalue weighted by Crippen LogP contribution is -2.46. The van der Waals surface area contributed by atoms with Crippen LogP contribution in [0.4, 0.5) is 10.1 Å². The van der Waals surface area contributed by atoms with E-state index in [-0.39, 0.29) is 35.7 Å². The molecule has 0 spiro atoms. The van der Waals surface area contributed by atoms with E-state index in [0.717, 1.165) is 22.5 Å². The lowest BCUT2D eigenvalue weighted by Gasteiger charge is -2.25. The average Bonchev–Trinajstić information content (AvgIpc) is 3.55. The summed E-state index contributed by atoms with van der Waals surface area (Å²) >= 11 is 0. The van der Waals surface area contributed by atoms with Gasteiger partial charge >= 0.3 is 0 Å². The van der Waals surface area contributed by atoms with Gasteiger partial charge in [-0.2, -0.15) is 5.10 Å². The Kier molecular flexibility index (Phi) is 12.3. The predicted molar refractivity (Wildman–Crippen MR) is 184 cm³/mol. The van der Waals surface area contributed by atoms with Crippen LogP contribution in [0.15, 0.2) is 85.2 Å². The van der Waals surface area contributed by atoms with Crippen molar-refractivity contribution < 1.29 is 32.3 Å². The van der Waals surface area contributed by atoms with Crippen molar-refractivity contribution in [2.45, 2.75) is 51.4 Å². The summed E-state index contributed by atoms with van der Waals surface area (Å²) < 4.78 is 40.7. The number of anilines is 1. The zero-order valence-electron chi connectivity index (χ0n) is 27.8. The Hall–Kier alpha value is -5.08. The number of halogens is 1. The van der Waals surface area contributed by atoms with E-state index in [1.807, 2.05) is 37.3 Å². The molecular weight excluding hydrogens is 651 g/mol. The number of carbonyl (C=O) groups excluding carboxylic acids is 3. The fourth-order valence-corrected chi connectivity index (χ4v) is 5.49. The number of nitrogens with one attached hydrogen (secondary N) is 3. The van der Waals surface area contributed by atoms with Crippen LogP contribution in [0.5, 0.6) is 0 Å². The number of aliphatic hydroxyl groups is 1. The van der Waals surface area contributed by atoms with Gasteiger partial charge in [0.25, 0.3) is 17.7 Å². The molecule has 0 aliphatic carbocycles. The van der Waals surface area contributed by atoms with E-state index in [1.54, 1.807) is 6.92 Å². The largest absolute Gasteiger partial charge is 0.389 e. The normalized spacial score (nSPS) is 13.2. The van der Waals surface area contributed by atoms with Crippen molar-refractivity contribution in [3.8, 4) is 0 Å². The van der Waals surface area contributed by atoms with Crippen molar-refractivity contribution in [1.82, 2.24) is 25.7 Å². The smallest absolute Gasteiger partial charge is 0.254 e. The van der Waals surface area contributed by atoms with E-state index in [9.17, 15) is 32.3 Å². The Balaban J connectivity index is 1.62. The van der Waals surface area contributed by atoms with Gasteiger partial charge in [-0.1, -0.05) is 49.4 Å². The van der Waals surface area contributed by atoms with Crippen LogP contribution >= 0.6 is 0 Å². The Morgan fingerprint density at radius 3 is 2.18 bits per heavy atom. The third-order valence-corrected chi connectivity index (χ3v) is 9.11. The van der Waals surface area contributed by atoms with Crippen LogP contribution in [0.1, 0.15) is 68.5 Å². The molecule has 0 aliphatic rings. The van der Waals surface area contributed by atoms with Crippen LogP contribution < -0.4 is 20.3 Å². The van der Waals surface area contributed by atoms with Gasteiger partial charge in [0.2, 0.25) is 10.0 Å². The molecule has 0 bridgehead atoms. The highest BCUT2D eigenvalue weighted by Crippen LogP contribution is 2.23. The monoisotopic (exact) mass is 692 g/mol. The molecule has 0 saturated carbocycles.